The molecule has 108 valence electrons. The van der Waals surface area contributed by atoms with Gasteiger partial charge in [0.2, 0.25) is 0 Å². The molecule has 0 heterocycles. The Morgan fingerprint density at radius 2 is 2.05 bits per heavy atom. The van der Waals surface area contributed by atoms with Gasteiger partial charge in [-0.3, -0.25) is 4.79 Å². The third kappa shape index (κ3) is 1.64. The molecule has 0 aliphatic heterocycles. The van der Waals surface area contributed by atoms with Crippen molar-refractivity contribution in [2.75, 3.05) is 0 Å². The Bertz CT molecular complexity index is 524. The van der Waals surface area contributed by atoms with Crippen LogP contribution in [0.15, 0.2) is 22.8 Å². The maximum Gasteiger partial charge on any atom is 0.137 e. The van der Waals surface area contributed by atoms with E-state index in [4.69, 9.17) is 0 Å². The van der Waals surface area contributed by atoms with Gasteiger partial charge in [0.25, 0.3) is 0 Å². The summed E-state index contributed by atoms with van der Waals surface area (Å²) in [5.74, 6) is 3.09. The fourth-order valence-electron chi connectivity index (χ4n) is 5.83. The first kappa shape index (κ1) is 12.9. The minimum Gasteiger partial charge on any atom is -0.299 e. The predicted molar refractivity (Wildman–Crippen MR) is 81.3 cm³/mol. The molecular formula is C19H26O. The SMILES string of the molecule is CC1=CCC2C3CCC4=C(CCC(=O)C4)C3CC[C@]12C. The Morgan fingerprint density at radius 3 is 2.90 bits per heavy atom. The van der Waals surface area contributed by atoms with E-state index >= 15 is 0 Å². The molecule has 0 amide bonds. The van der Waals surface area contributed by atoms with Crippen molar-refractivity contribution in [3.63, 3.8) is 0 Å². The fraction of sp³-hybridized carbons (Fsp3) is 0.737. The second-order valence-electron chi connectivity index (χ2n) is 7.84. The van der Waals surface area contributed by atoms with Crippen LogP contribution in [-0.2, 0) is 4.79 Å². The lowest BCUT2D eigenvalue weighted by molar-refractivity contribution is -0.119. The number of hydrogen-bond acceptors (Lipinski definition) is 1. The summed E-state index contributed by atoms with van der Waals surface area (Å²) in [7, 11) is 0. The van der Waals surface area contributed by atoms with Crippen molar-refractivity contribution in [1.82, 2.24) is 0 Å². The van der Waals surface area contributed by atoms with Gasteiger partial charge in [-0.1, -0.05) is 29.7 Å². The summed E-state index contributed by atoms with van der Waals surface area (Å²) in [6, 6.07) is 0. The molecule has 4 rings (SSSR count). The van der Waals surface area contributed by atoms with Crippen molar-refractivity contribution in [2.24, 2.45) is 23.2 Å². The van der Waals surface area contributed by atoms with Crippen LogP contribution in [0.5, 0.6) is 0 Å². The van der Waals surface area contributed by atoms with E-state index < -0.39 is 0 Å². The lowest BCUT2D eigenvalue weighted by atomic mass is 9.53. The number of hydrogen-bond donors (Lipinski definition) is 0. The van der Waals surface area contributed by atoms with Gasteiger partial charge in [0.15, 0.2) is 0 Å². The van der Waals surface area contributed by atoms with Crippen LogP contribution in [0.4, 0.5) is 0 Å². The average molecular weight is 270 g/mol. The molecule has 4 aliphatic carbocycles. The van der Waals surface area contributed by atoms with Gasteiger partial charge >= 0.3 is 0 Å². The van der Waals surface area contributed by atoms with Crippen LogP contribution in [0.2, 0.25) is 0 Å². The summed E-state index contributed by atoms with van der Waals surface area (Å²) in [5.41, 5.74) is 5.42. The molecule has 0 saturated heterocycles. The highest BCUT2D eigenvalue weighted by Crippen LogP contribution is 2.61. The van der Waals surface area contributed by atoms with Crippen LogP contribution in [0, 0.1) is 23.2 Å². The monoisotopic (exact) mass is 270 g/mol. The van der Waals surface area contributed by atoms with Gasteiger partial charge in [0.05, 0.1) is 0 Å². The maximum atomic E-state index is 11.7. The normalized spacial score (nSPS) is 43.8. The molecule has 1 saturated carbocycles. The summed E-state index contributed by atoms with van der Waals surface area (Å²) in [6.45, 7) is 4.87. The smallest absolute Gasteiger partial charge is 0.137 e. The molecule has 0 bridgehead atoms. The van der Waals surface area contributed by atoms with Crippen molar-refractivity contribution in [3.05, 3.63) is 22.8 Å². The summed E-state index contributed by atoms with van der Waals surface area (Å²) in [5, 5.41) is 0. The number of allylic oxidation sites excluding steroid dienone is 4. The maximum absolute atomic E-state index is 11.7. The summed E-state index contributed by atoms with van der Waals surface area (Å²) in [4.78, 5) is 11.7. The lowest BCUT2D eigenvalue weighted by Gasteiger charge is -2.51. The number of Topliss-reactive ketones (excluding diaryl/α,β-unsaturated/α-hetero) is 1. The first-order chi connectivity index (χ1) is 9.59. The van der Waals surface area contributed by atoms with Gasteiger partial charge in [-0.15, -0.1) is 0 Å². The number of fused-ring (bicyclic) bond motifs is 4. The molecule has 4 atom stereocenters. The van der Waals surface area contributed by atoms with Crippen LogP contribution < -0.4 is 0 Å². The fourth-order valence-corrected chi connectivity index (χ4v) is 5.83. The highest BCUT2D eigenvalue weighted by molar-refractivity contribution is 5.82. The molecule has 1 nitrogen and oxygen atoms in total. The largest absolute Gasteiger partial charge is 0.299 e. The zero-order chi connectivity index (χ0) is 13.9. The molecular weight excluding hydrogens is 244 g/mol. The zero-order valence-electron chi connectivity index (χ0n) is 12.9. The van der Waals surface area contributed by atoms with Crippen LogP contribution in [-0.4, -0.2) is 5.78 Å². The minimum absolute atomic E-state index is 0.487. The Hall–Kier alpha value is -0.850. The van der Waals surface area contributed by atoms with Gasteiger partial charge in [0, 0.05) is 12.8 Å². The van der Waals surface area contributed by atoms with Crippen LogP contribution in [0.25, 0.3) is 0 Å². The van der Waals surface area contributed by atoms with E-state index in [1.54, 1.807) is 16.7 Å². The molecule has 0 radical (unpaired) electrons. The Balaban J connectivity index is 1.66. The second kappa shape index (κ2) is 4.32. The third-order valence-corrected chi connectivity index (χ3v) is 7.17. The highest BCUT2D eigenvalue weighted by atomic mass is 16.1. The first-order valence-corrected chi connectivity index (χ1v) is 8.49. The first-order valence-electron chi connectivity index (χ1n) is 8.49. The molecule has 20 heavy (non-hydrogen) atoms. The highest BCUT2D eigenvalue weighted by Gasteiger charge is 2.51. The lowest BCUT2D eigenvalue weighted by Crippen LogP contribution is -2.42. The molecule has 0 aromatic heterocycles. The van der Waals surface area contributed by atoms with Crippen LogP contribution in [0.1, 0.15) is 65.2 Å². The third-order valence-electron chi connectivity index (χ3n) is 7.17. The summed E-state index contributed by atoms with van der Waals surface area (Å²) in [6.07, 6.45) is 11.8. The molecule has 3 unspecified atom stereocenters. The zero-order valence-corrected chi connectivity index (χ0v) is 12.9. The minimum atomic E-state index is 0.487. The van der Waals surface area contributed by atoms with Crippen molar-refractivity contribution >= 4 is 5.78 Å². The summed E-state index contributed by atoms with van der Waals surface area (Å²) < 4.78 is 0. The van der Waals surface area contributed by atoms with E-state index in [-0.39, 0.29) is 0 Å². The molecule has 0 aromatic rings. The molecule has 1 fully saturated rings. The van der Waals surface area contributed by atoms with Gasteiger partial charge in [-0.2, -0.15) is 0 Å². The van der Waals surface area contributed by atoms with Gasteiger partial charge in [-0.25, -0.2) is 0 Å². The van der Waals surface area contributed by atoms with Crippen molar-refractivity contribution in [2.45, 2.75) is 65.2 Å². The Kier molecular flexibility index (Phi) is 2.78. The van der Waals surface area contributed by atoms with Crippen LogP contribution >= 0.6 is 0 Å². The molecule has 1 heteroatoms. The van der Waals surface area contributed by atoms with Crippen LogP contribution in [0.3, 0.4) is 0 Å². The molecule has 4 aliphatic rings. The van der Waals surface area contributed by atoms with E-state index in [2.05, 4.69) is 19.9 Å². The van der Waals surface area contributed by atoms with E-state index in [9.17, 15) is 4.79 Å². The number of rotatable bonds is 0. The molecule has 0 N–H and O–H groups in total. The Labute approximate surface area is 122 Å². The predicted octanol–water partition coefficient (Wildman–Crippen LogP) is 4.83. The van der Waals surface area contributed by atoms with Crippen molar-refractivity contribution in [1.29, 1.82) is 0 Å². The number of carbonyl (C=O) groups is 1. The van der Waals surface area contributed by atoms with E-state index in [0.29, 0.717) is 11.2 Å². The molecule has 0 spiro atoms. The van der Waals surface area contributed by atoms with Gasteiger partial charge in [-0.05, 0) is 68.6 Å². The number of carbonyl (C=O) groups excluding carboxylic acids is 1. The second-order valence-corrected chi connectivity index (χ2v) is 7.84. The van der Waals surface area contributed by atoms with E-state index in [0.717, 1.165) is 37.0 Å². The van der Waals surface area contributed by atoms with E-state index in [1.165, 1.54) is 32.1 Å². The Morgan fingerprint density at radius 1 is 1.20 bits per heavy atom. The topological polar surface area (TPSA) is 17.1 Å². The van der Waals surface area contributed by atoms with Gasteiger partial charge < -0.3 is 0 Å². The van der Waals surface area contributed by atoms with E-state index in [1.807, 2.05) is 0 Å². The average Bonchev–Trinajstić information content (AvgIpc) is 2.74. The standard InChI is InChI=1S/C19H26O/c1-12-3-8-18-17-6-4-13-11-14(20)5-7-15(13)16(17)9-10-19(12,18)2/h3,16-18H,4-11H2,1-2H3/t16?,17?,18?,19-/m1/s1. The quantitative estimate of drug-likeness (QED) is 0.576. The summed E-state index contributed by atoms with van der Waals surface area (Å²) >= 11 is 0. The van der Waals surface area contributed by atoms with Gasteiger partial charge in [0.1, 0.15) is 5.78 Å². The van der Waals surface area contributed by atoms with Crippen molar-refractivity contribution in [3.8, 4) is 0 Å². The number of ketones is 1. The molecule has 0 aromatic carbocycles. The van der Waals surface area contributed by atoms with Crippen molar-refractivity contribution < 1.29 is 4.79 Å².